The predicted molar refractivity (Wildman–Crippen MR) is 74.0 cm³/mol. The van der Waals surface area contributed by atoms with E-state index in [0.29, 0.717) is 23.5 Å². The van der Waals surface area contributed by atoms with Gasteiger partial charge in [-0.25, -0.2) is 0 Å². The second-order valence-electron chi connectivity index (χ2n) is 5.57. The maximum atomic E-state index is 9.59. The van der Waals surface area contributed by atoms with Crippen molar-refractivity contribution in [3.8, 4) is 5.75 Å². The highest BCUT2D eigenvalue weighted by Gasteiger charge is 2.26. The molecular formula is C15H23NO2. The van der Waals surface area contributed by atoms with Gasteiger partial charge in [0.1, 0.15) is 5.75 Å². The van der Waals surface area contributed by atoms with E-state index in [1.54, 1.807) is 6.07 Å². The van der Waals surface area contributed by atoms with Crippen molar-refractivity contribution in [3.05, 3.63) is 23.8 Å². The summed E-state index contributed by atoms with van der Waals surface area (Å²) in [5, 5.41) is 22.1. The van der Waals surface area contributed by atoms with E-state index in [4.69, 9.17) is 5.11 Å². The second-order valence-corrected chi connectivity index (χ2v) is 5.57. The van der Waals surface area contributed by atoms with Crippen LogP contribution in [0.1, 0.15) is 38.2 Å². The number of hydrogen-bond acceptors (Lipinski definition) is 3. The lowest BCUT2D eigenvalue weighted by Crippen LogP contribution is -2.26. The number of phenolic OH excluding ortho intramolecular Hbond substituents is 1. The van der Waals surface area contributed by atoms with E-state index < -0.39 is 0 Å². The number of nitrogens with one attached hydrogen (secondary N) is 1. The molecule has 0 radical (unpaired) electrons. The van der Waals surface area contributed by atoms with Crippen LogP contribution in [-0.2, 0) is 0 Å². The van der Waals surface area contributed by atoms with Gasteiger partial charge in [-0.2, -0.15) is 0 Å². The molecule has 3 N–H and O–H groups in total. The van der Waals surface area contributed by atoms with E-state index in [-0.39, 0.29) is 6.61 Å². The van der Waals surface area contributed by atoms with Crippen LogP contribution in [0.25, 0.3) is 0 Å². The van der Waals surface area contributed by atoms with E-state index in [9.17, 15) is 5.11 Å². The predicted octanol–water partition coefficient (Wildman–Crippen LogP) is 2.95. The Kier molecular flexibility index (Phi) is 4.12. The van der Waals surface area contributed by atoms with Gasteiger partial charge in [0, 0.05) is 18.8 Å². The quantitative estimate of drug-likeness (QED) is 0.719. The zero-order chi connectivity index (χ0) is 13.1. The lowest BCUT2D eigenvalue weighted by Gasteiger charge is -2.33. The van der Waals surface area contributed by atoms with Gasteiger partial charge >= 0.3 is 0 Å². The fraction of sp³-hybridized carbons (Fsp3) is 0.600. The van der Waals surface area contributed by atoms with Crippen molar-refractivity contribution in [2.75, 3.05) is 18.5 Å². The summed E-state index contributed by atoms with van der Waals surface area (Å²) in [6.45, 7) is 5.57. The molecule has 100 valence electrons. The number of phenols is 1. The van der Waals surface area contributed by atoms with Crippen LogP contribution in [0.5, 0.6) is 5.75 Å². The van der Waals surface area contributed by atoms with Gasteiger partial charge in [0.25, 0.3) is 0 Å². The smallest absolute Gasteiger partial charge is 0.116 e. The number of hydrogen-bond donors (Lipinski definition) is 3. The van der Waals surface area contributed by atoms with Gasteiger partial charge in [0.2, 0.25) is 0 Å². The van der Waals surface area contributed by atoms with Crippen molar-refractivity contribution < 1.29 is 10.2 Å². The third kappa shape index (κ3) is 2.78. The molecule has 3 unspecified atom stereocenters. The van der Waals surface area contributed by atoms with E-state index in [1.165, 1.54) is 5.56 Å². The molecule has 0 spiro atoms. The standard InChI is InChI=1S/C15H23NO2/c1-10(9-17)3-4-12-8-16-15-6-5-13(18)7-14(15)11(12)2/h5-7,10-12,16-18H,3-4,8-9H2,1-2H3. The molecular weight excluding hydrogens is 226 g/mol. The van der Waals surface area contributed by atoms with Gasteiger partial charge in [-0.3, -0.25) is 0 Å². The van der Waals surface area contributed by atoms with Crippen molar-refractivity contribution in [3.63, 3.8) is 0 Å². The van der Waals surface area contributed by atoms with E-state index in [0.717, 1.165) is 25.1 Å². The average molecular weight is 249 g/mol. The fourth-order valence-corrected chi connectivity index (χ4v) is 2.70. The molecule has 0 bridgehead atoms. The minimum atomic E-state index is 0.270. The maximum Gasteiger partial charge on any atom is 0.116 e. The third-order valence-corrected chi connectivity index (χ3v) is 4.13. The summed E-state index contributed by atoms with van der Waals surface area (Å²) in [7, 11) is 0. The highest BCUT2D eigenvalue weighted by atomic mass is 16.3. The maximum absolute atomic E-state index is 9.59. The summed E-state index contributed by atoms with van der Waals surface area (Å²) in [6.07, 6.45) is 2.17. The monoisotopic (exact) mass is 249 g/mol. The van der Waals surface area contributed by atoms with Crippen molar-refractivity contribution >= 4 is 5.69 Å². The van der Waals surface area contributed by atoms with Crippen molar-refractivity contribution in [1.82, 2.24) is 0 Å². The summed E-state index contributed by atoms with van der Waals surface area (Å²) in [4.78, 5) is 0. The molecule has 0 fully saturated rings. The van der Waals surface area contributed by atoms with Gasteiger partial charge in [-0.15, -0.1) is 0 Å². The molecule has 1 aliphatic rings. The zero-order valence-corrected chi connectivity index (χ0v) is 11.2. The van der Waals surface area contributed by atoms with Crippen LogP contribution in [0.3, 0.4) is 0 Å². The van der Waals surface area contributed by atoms with Crippen molar-refractivity contribution in [1.29, 1.82) is 0 Å². The van der Waals surface area contributed by atoms with Crippen LogP contribution < -0.4 is 5.32 Å². The van der Waals surface area contributed by atoms with Crippen LogP contribution in [0.15, 0.2) is 18.2 Å². The molecule has 1 aromatic carbocycles. The largest absolute Gasteiger partial charge is 0.508 e. The summed E-state index contributed by atoms with van der Waals surface area (Å²) in [6, 6.07) is 5.55. The Morgan fingerprint density at radius 2 is 2.22 bits per heavy atom. The summed E-state index contributed by atoms with van der Waals surface area (Å²) < 4.78 is 0. The van der Waals surface area contributed by atoms with E-state index in [2.05, 4.69) is 19.2 Å². The van der Waals surface area contributed by atoms with Gasteiger partial charge in [-0.05, 0) is 54.4 Å². The van der Waals surface area contributed by atoms with Crippen LogP contribution >= 0.6 is 0 Å². The lowest BCUT2D eigenvalue weighted by molar-refractivity contribution is 0.219. The van der Waals surface area contributed by atoms with Crippen LogP contribution in [0.4, 0.5) is 5.69 Å². The van der Waals surface area contributed by atoms with Crippen LogP contribution in [-0.4, -0.2) is 23.4 Å². The van der Waals surface area contributed by atoms with Crippen LogP contribution in [0.2, 0.25) is 0 Å². The summed E-state index contributed by atoms with van der Waals surface area (Å²) in [5.74, 6) is 1.75. The van der Waals surface area contributed by atoms with Crippen LogP contribution in [0, 0.1) is 11.8 Å². The van der Waals surface area contributed by atoms with Gasteiger partial charge in [-0.1, -0.05) is 13.8 Å². The Morgan fingerprint density at radius 3 is 2.94 bits per heavy atom. The molecule has 2 rings (SSSR count). The lowest BCUT2D eigenvalue weighted by atomic mass is 9.80. The number of benzene rings is 1. The number of anilines is 1. The molecule has 0 aromatic heterocycles. The summed E-state index contributed by atoms with van der Waals surface area (Å²) in [5.41, 5.74) is 2.36. The SMILES string of the molecule is CC(CO)CCC1CNc2ccc(O)cc2C1C. The topological polar surface area (TPSA) is 52.5 Å². The molecule has 3 atom stereocenters. The number of fused-ring (bicyclic) bond motifs is 1. The molecule has 1 aromatic rings. The molecule has 0 aliphatic carbocycles. The molecule has 18 heavy (non-hydrogen) atoms. The highest BCUT2D eigenvalue weighted by Crippen LogP contribution is 2.38. The highest BCUT2D eigenvalue weighted by molar-refractivity contribution is 5.57. The van der Waals surface area contributed by atoms with Crippen molar-refractivity contribution in [2.24, 2.45) is 11.8 Å². The number of aliphatic hydroxyl groups excluding tert-OH is 1. The second kappa shape index (κ2) is 5.61. The van der Waals surface area contributed by atoms with E-state index in [1.807, 2.05) is 12.1 Å². The first-order chi connectivity index (χ1) is 8.61. The molecule has 0 saturated carbocycles. The first-order valence-electron chi connectivity index (χ1n) is 6.79. The Balaban J connectivity index is 2.05. The molecule has 3 nitrogen and oxygen atoms in total. The Labute approximate surface area is 109 Å². The number of rotatable bonds is 4. The molecule has 0 amide bonds. The Morgan fingerprint density at radius 1 is 1.44 bits per heavy atom. The third-order valence-electron chi connectivity index (χ3n) is 4.13. The zero-order valence-electron chi connectivity index (χ0n) is 11.2. The minimum absolute atomic E-state index is 0.270. The Hall–Kier alpha value is -1.22. The number of aromatic hydroxyl groups is 1. The molecule has 1 heterocycles. The molecule has 3 heteroatoms. The first-order valence-corrected chi connectivity index (χ1v) is 6.79. The average Bonchev–Trinajstić information content (AvgIpc) is 2.38. The molecule has 0 saturated heterocycles. The summed E-state index contributed by atoms with van der Waals surface area (Å²) >= 11 is 0. The minimum Gasteiger partial charge on any atom is -0.508 e. The van der Waals surface area contributed by atoms with Gasteiger partial charge in [0.05, 0.1) is 0 Å². The number of aliphatic hydroxyl groups is 1. The fourth-order valence-electron chi connectivity index (χ4n) is 2.70. The normalized spacial score (nSPS) is 24.2. The van der Waals surface area contributed by atoms with Gasteiger partial charge < -0.3 is 15.5 Å². The van der Waals surface area contributed by atoms with E-state index >= 15 is 0 Å². The van der Waals surface area contributed by atoms with Gasteiger partial charge in [0.15, 0.2) is 0 Å². The van der Waals surface area contributed by atoms with Crippen molar-refractivity contribution in [2.45, 2.75) is 32.6 Å². The first kappa shape index (κ1) is 13.2. The Bertz CT molecular complexity index is 405. The molecule has 1 aliphatic heterocycles.